The van der Waals surface area contributed by atoms with Gasteiger partial charge in [0.15, 0.2) is 0 Å². The highest BCUT2D eigenvalue weighted by molar-refractivity contribution is 9.10. The summed E-state index contributed by atoms with van der Waals surface area (Å²) >= 11 is 9.04. The maximum atomic E-state index is 5.71. The van der Waals surface area contributed by atoms with Crippen LogP contribution in [0, 0.1) is 0 Å². The lowest BCUT2D eigenvalue weighted by molar-refractivity contribution is 0.477. The molecular formula is C11H8BrClN2O. The van der Waals surface area contributed by atoms with E-state index in [9.17, 15) is 0 Å². The first-order valence-electron chi connectivity index (χ1n) is 4.56. The maximum Gasteiger partial charge on any atom is 0.146 e. The summed E-state index contributed by atoms with van der Waals surface area (Å²) < 4.78 is 6.46. The van der Waals surface area contributed by atoms with Gasteiger partial charge in [-0.05, 0) is 33.6 Å². The summed E-state index contributed by atoms with van der Waals surface area (Å²) in [6.07, 6.45) is 6.67. The summed E-state index contributed by atoms with van der Waals surface area (Å²) in [4.78, 5) is 8.04. The zero-order valence-electron chi connectivity index (χ0n) is 8.23. The quantitative estimate of drug-likeness (QED) is 0.809. The topological polar surface area (TPSA) is 35.0 Å². The van der Waals surface area contributed by atoms with Crippen LogP contribution in [0.3, 0.4) is 0 Å². The molecule has 82 valence electrons. The SMILES string of the molecule is ClCc1cncc(Oc2cncc(Br)c2)c1. The van der Waals surface area contributed by atoms with Gasteiger partial charge >= 0.3 is 0 Å². The van der Waals surface area contributed by atoms with E-state index in [1.165, 1.54) is 0 Å². The highest BCUT2D eigenvalue weighted by Gasteiger charge is 2.00. The van der Waals surface area contributed by atoms with Gasteiger partial charge in [-0.3, -0.25) is 9.97 Å². The molecule has 0 atom stereocenters. The molecule has 5 heteroatoms. The first-order chi connectivity index (χ1) is 7.78. The Labute approximate surface area is 107 Å². The van der Waals surface area contributed by atoms with E-state index in [0.29, 0.717) is 17.4 Å². The molecule has 0 aliphatic carbocycles. The molecule has 16 heavy (non-hydrogen) atoms. The van der Waals surface area contributed by atoms with Crippen molar-refractivity contribution in [3.8, 4) is 11.5 Å². The third kappa shape index (κ3) is 2.93. The smallest absolute Gasteiger partial charge is 0.146 e. The summed E-state index contributed by atoms with van der Waals surface area (Å²) in [6, 6.07) is 3.68. The fraction of sp³-hybridized carbons (Fsp3) is 0.0909. The lowest BCUT2D eigenvalue weighted by atomic mass is 10.3. The first kappa shape index (κ1) is 11.4. The van der Waals surface area contributed by atoms with Crippen molar-refractivity contribution < 1.29 is 4.74 Å². The monoisotopic (exact) mass is 298 g/mol. The summed E-state index contributed by atoms with van der Waals surface area (Å²) in [5.74, 6) is 1.72. The Kier molecular flexibility index (Phi) is 3.74. The number of aromatic nitrogens is 2. The Morgan fingerprint density at radius 3 is 2.44 bits per heavy atom. The second kappa shape index (κ2) is 5.27. The Hall–Kier alpha value is -1.13. The number of ether oxygens (including phenoxy) is 1. The molecule has 2 aromatic rings. The molecule has 0 unspecified atom stereocenters. The van der Waals surface area contributed by atoms with E-state index in [4.69, 9.17) is 16.3 Å². The van der Waals surface area contributed by atoms with Gasteiger partial charge in [0.2, 0.25) is 0 Å². The molecule has 0 saturated carbocycles. The second-order valence-corrected chi connectivity index (χ2v) is 4.29. The molecule has 0 saturated heterocycles. The number of nitrogens with zero attached hydrogens (tertiary/aromatic N) is 2. The Bertz CT molecular complexity index is 493. The van der Waals surface area contributed by atoms with Crippen LogP contribution in [0.2, 0.25) is 0 Å². The molecular weight excluding hydrogens is 291 g/mol. The minimum absolute atomic E-state index is 0.418. The molecule has 0 spiro atoms. The van der Waals surface area contributed by atoms with Crippen molar-refractivity contribution in [3.05, 3.63) is 47.0 Å². The van der Waals surface area contributed by atoms with Crippen molar-refractivity contribution in [1.29, 1.82) is 0 Å². The molecule has 0 N–H and O–H groups in total. The van der Waals surface area contributed by atoms with E-state index >= 15 is 0 Å². The van der Waals surface area contributed by atoms with Crippen LogP contribution in [0.4, 0.5) is 0 Å². The molecule has 2 heterocycles. The molecule has 0 bridgehead atoms. The van der Waals surface area contributed by atoms with Gasteiger partial charge in [-0.2, -0.15) is 0 Å². The fourth-order valence-electron chi connectivity index (χ4n) is 1.18. The number of halogens is 2. The van der Waals surface area contributed by atoms with Crippen molar-refractivity contribution in [3.63, 3.8) is 0 Å². The Morgan fingerprint density at radius 2 is 1.75 bits per heavy atom. The van der Waals surface area contributed by atoms with E-state index in [1.807, 2.05) is 12.1 Å². The molecule has 0 amide bonds. The van der Waals surface area contributed by atoms with E-state index in [-0.39, 0.29) is 0 Å². The Morgan fingerprint density at radius 1 is 1.06 bits per heavy atom. The zero-order chi connectivity index (χ0) is 11.4. The molecule has 0 radical (unpaired) electrons. The van der Waals surface area contributed by atoms with Crippen LogP contribution >= 0.6 is 27.5 Å². The molecule has 3 nitrogen and oxygen atoms in total. The second-order valence-electron chi connectivity index (χ2n) is 3.10. The molecule has 2 rings (SSSR count). The van der Waals surface area contributed by atoms with Crippen molar-refractivity contribution in [2.45, 2.75) is 5.88 Å². The van der Waals surface area contributed by atoms with Crippen molar-refractivity contribution in [1.82, 2.24) is 9.97 Å². The maximum absolute atomic E-state index is 5.71. The van der Waals surface area contributed by atoms with Gasteiger partial charge in [0.1, 0.15) is 11.5 Å². The standard InChI is InChI=1S/C11H8BrClN2O/c12-9-2-11(7-15-5-9)16-10-1-8(3-13)4-14-6-10/h1-2,4-7H,3H2. The summed E-state index contributed by atoms with van der Waals surface area (Å²) in [6.45, 7) is 0. The van der Waals surface area contributed by atoms with Crippen LogP contribution in [0.1, 0.15) is 5.56 Å². The predicted molar refractivity (Wildman–Crippen MR) is 65.8 cm³/mol. The molecule has 0 aliphatic heterocycles. The van der Waals surface area contributed by atoms with Gasteiger partial charge in [0.05, 0.1) is 12.4 Å². The minimum Gasteiger partial charge on any atom is -0.454 e. The van der Waals surface area contributed by atoms with Crippen LogP contribution < -0.4 is 4.74 Å². The van der Waals surface area contributed by atoms with Crippen LogP contribution in [-0.4, -0.2) is 9.97 Å². The number of rotatable bonds is 3. The molecule has 0 fully saturated rings. The van der Waals surface area contributed by atoms with E-state index in [1.54, 1.807) is 24.8 Å². The van der Waals surface area contributed by atoms with Gasteiger partial charge in [-0.1, -0.05) is 0 Å². The largest absolute Gasteiger partial charge is 0.454 e. The van der Waals surface area contributed by atoms with E-state index < -0.39 is 0 Å². The van der Waals surface area contributed by atoms with Crippen molar-refractivity contribution in [2.75, 3.05) is 0 Å². The lowest BCUT2D eigenvalue weighted by Gasteiger charge is -2.05. The Balaban J connectivity index is 2.20. The van der Waals surface area contributed by atoms with Gasteiger partial charge in [0, 0.05) is 22.7 Å². The lowest BCUT2D eigenvalue weighted by Crippen LogP contribution is -1.88. The fourth-order valence-corrected chi connectivity index (χ4v) is 1.67. The highest BCUT2D eigenvalue weighted by atomic mass is 79.9. The van der Waals surface area contributed by atoms with Crippen LogP contribution in [0.5, 0.6) is 11.5 Å². The third-order valence-electron chi connectivity index (χ3n) is 1.84. The summed E-state index contributed by atoms with van der Waals surface area (Å²) in [7, 11) is 0. The van der Waals surface area contributed by atoms with Crippen LogP contribution in [0.15, 0.2) is 41.4 Å². The zero-order valence-corrected chi connectivity index (χ0v) is 10.6. The molecule has 0 aliphatic rings. The number of alkyl halides is 1. The normalized spacial score (nSPS) is 10.1. The predicted octanol–water partition coefficient (Wildman–Crippen LogP) is 3.77. The number of hydrogen-bond acceptors (Lipinski definition) is 3. The van der Waals surface area contributed by atoms with Crippen LogP contribution in [0.25, 0.3) is 0 Å². The average molecular weight is 300 g/mol. The van der Waals surface area contributed by atoms with Gasteiger partial charge in [-0.15, -0.1) is 11.6 Å². The van der Waals surface area contributed by atoms with Gasteiger partial charge in [-0.25, -0.2) is 0 Å². The number of hydrogen-bond donors (Lipinski definition) is 0. The highest BCUT2D eigenvalue weighted by Crippen LogP contribution is 2.23. The third-order valence-corrected chi connectivity index (χ3v) is 2.58. The van der Waals surface area contributed by atoms with Crippen molar-refractivity contribution >= 4 is 27.5 Å². The van der Waals surface area contributed by atoms with E-state index in [0.717, 1.165) is 10.0 Å². The van der Waals surface area contributed by atoms with Gasteiger partial charge in [0.25, 0.3) is 0 Å². The minimum atomic E-state index is 0.418. The summed E-state index contributed by atoms with van der Waals surface area (Å²) in [5.41, 5.74) is 0.919. The first-order valence-corrected chi connectivity index (χ1v) is 5.89. The van der Waals surface area contributed by atoms with Crippen LogP contribution in [-0.2, 0) is 5.88 Å². The van der Waals surface area contributed by atoms with E-state index in [2.05, 4.69) is 25.9 Å². The molecule has 0 aromatic carbocycles. The number of pyridine rings is 2. The molecule has 2 aromatic heterocycles. The van der Waals surface area contributed by atoms with Gasteiger partial charge < -0.3 is 4.74 Å². The average Bonchev–Trinajstić information content (AvgIpc) is 2.29. The van der Waals surface area contributed by atoms with Crippen molar-refractivity contribution in [2.24, 2.45) is 0 Å². The summed E-state index contributed by atoms with van der Waals surface area (Å²) in [5, 5.41) is 0.